The van der Waals surface area contributed by atoms with E-state index < -0.39 is 0 Å². The van der Waals surface area contributed by atoms with Gasteiger partial charge in [-0.15, -0.1) is 5.10 Å². The van der Waals surface area contributed by atoms with Gasteiger partial charge in [-0.2, -0.15) is 5.10 Å². The van der Waals surface area contributed by atoms with Gasteiger partial charge in [0.05, 0.1) is 10.2 Å². The Bertz CT molecular complexity index is 424. The van der Waals surface area contributed by atoms with Gasteiger partial charge >= 0.3 is 0 Å². The van der Waals surface area contributed by atoms with E-state index in [0.29, 0.717) is 10.2 Å². The average molecular weight is 273 g/mol. The Morgan fingerprint density at radius 2 is 2.00 bits per heavy atom. The second-order valence-corrected chi connectivity index (χ2v) is 3.69. The Labute approximate surface area is 95.0 Å². The number of nitrogens with two attached hydrogens (primary N) is 2. The Balaban J connectivity index is 3.02. The van der Waals surface area contributed by atoms with Gasteiger partial charge in [0.25, 0.3) is 0 Å². The fraction of sp³-hybridized carbons (Fsp3) is 0.111. The fourth-order valence-corrected chi connectivity index (χ4v) is 1.29. The van der Waals surface area contributed by atoms with Crippen molar-refractivity contribution in [2.24, 2.45) is 21.7 Å². The van der Waals surface area contributed by atoms with Crippen LogP contribution in [0.3, 0.4) is 0 Å². The molecule has 0 amide bonds. The summed E-state index contributed by atoms with van der Waals surface area (Å²) in [7, 11) is 0. The summed E-state index contributed by atoms with van der Waals surface area (Å²) >= 11 is 3.08. The van der Waals surface area contributed by atoms with E-state index >= 15 is 0 Å². The molecule has 1 rings (SSSR count). The van der Waals surface area contributed by atoms with Gasteiger partial charge in [0.1, 0.15) is 5.82 Å². The summed E-state index contributed by atoms with van der Waals surface area (Å²) in [4.78, 5) is 0. The monoisotopic (exact) mass is 272 g/mol. The number of guanidine groups is 1. The molecular weight excluding hydrogens is 263 g/mol. The maximum atomic E-state index is 12.9. The lowest BCUT2D eigenvalue weighted by atomic mass is 10.1. The standard InChI is InChI=1S/C9H10BrFN4/c1-5(14-15-9(12)13)6-2-3-8(11)7(10)4-6/h2-4H,1H3,(H4,12,13,15). The van der Waals surface area contributed by atoms with Crippen LogP contribution in [0.4, 0.5) is 4.39 Å². The summed E-state index contributed by atoms with van der Waals surface area (Å²) < 4.78 is 13.3. The largest absolute Gasteiger partial charge is 0.369 e. The fourth-order valence-electron chi connectivity index (χ4n) is 0.912. The Hall–Kier alpha value is -1.43. The van der Waals surface area contributed by atoms with E-state index in [1.807, 2.05) is 0 Å². The molecule has 0 aliphatic carbocycles. The van der Waals surface area contributed by atoms with E-state index in [2.05, 4.69) is 26.1 Å². The highest BCUT2D eigenvalue weighted by Crippen LogP contribution is 2.17. The van der Waals surface area contributed by atoms with Crippen molar-refractivity contribution < 1.29 is 4.39 Å². The molecule has 4 N–H and O–H groups in total. The minimum absolute atomic E-state index is 0.115. The minimum Gasteiger partial charge on any atom is -0.369 e. The Kier molecular flexibility index (Phi) is 3.79. The highest BCUT2D eigenvalue weighted by molar-refractivity contribution is 9.10. The van der Waals surface area contributed by atoms with Gasteiger partial charge in [0, 0.05) is 0 Å². The van der Waals surface area contributed by atoms with E-state index in [4.69, 9.17) is 11.5 Å². The quantitative estimate of drug-likeness (QED) is 0.487. The maximum Gasteiger partial charge on any atom is 0.211 e. The number of benzene rings is 1. The van der Waals surface area contributed by atoms with Crippen molar-refractivity contribution in [1.82, 2.24) is 0 Å². The number of rotatable bonds is 2. The molecule has 15 heavy (non-hydrogen) atoms. The molecule has 4 nitrogen and oxygen atoms in total. The molecule has 0 saturated carbocycles. The van der Waals surface area contributed by atoms with E-state index in [1.165, 1.54) is 6.07 Å². The zero-order chi connectivity index (χ0) is 11.4. The highest BCUT2D eigenvalue weighted by Gasteiger charge is 2.02. The van der Waals surface area contributed by atoms with Crippen molar-refractivity contribution in [2.45, 2.75) is 6.92 Å². The van der Waals surface area contributed by atoms with Crippen LogP contribution < -0.4 is 11.5 Å². The molecule has 0 radical (unpaired) electrons. The van der Waals surface area contributed by atoms with Gasteiger partial charge in [0.2, 0.25) is 5.96 Å². The minimum atomic E-state index is -0.326. The molecule has 0 atom stereocenters. The van der Waals surface area contributed by atoms with Crippen molar-refractivity contribution >= 4 is 27.6 Å². The lowest BCUT2D eigenvalue weighted by Gasteiger charge is -2.00. The van der Waals surface area contributed by atoms with Crippen molar-refractivity contribution in [2.75, 3.05) is 0 Å². The van der Waals surface area contributed by atoms with Crippen LogP contribution in [0, 0.1) is 5.82 Å². The smallest absolute Gasteiger partial charge is 0.211 e. The molecular formula is C9H10BrFN4. The summed E-state index contributed by atoms with van der Waals surface area (Å²) in [5, 5.41) is 7.28. The molecule has 0 fully saturated rings. The van der Waals surface area contributed by atoms with Crippen LogP contribution >= 0.6 is 15.9 Å². The molecule has 6 heteroatoms. The summed E-state index contributed by atoms with van der Waals surface area (Å²) in [6.07, 6.45) is 0. The van der Waals surface area contributed by atoms with E-state index in [0.717, 1.165) is 5.56 Å². The number of nitrogens with zero attached hydrogens (tertiary/aromatic N) is 2. The van der Waals surface area contributed by atoms with Crippen LogP contribution in [-0.2, 0) is 0 Å². The van der Waals surface area contributed by atoms with Gasteiger partial charge in [-0.25, -0.2) is 4.39 Å². The molecule has 0 heterocycles. The van der Waals surface area contributed by atoms with Crippen molar-refractivity contribution in [3.63, 3.8) is 0 Å². The van der Waals surface area contributed by atoms with Crippen LogP contribution in [-0.4, -0.2) is 11.7 Å². The molecule has 0 saturated heterocycles. The molecule has 1 aromatic carbocycles. The van der Waals surface area contributed by atoms with Crippen LogP contribution in [0.1, 0.15) is 12.5 Å². The van der Waals surface area contributed by atoms with Crippen LogP contribution in [0.25, 0.3) is 0 Å². The Morgan fingerprint density at radius 3 is 2.53 bits per heavy atom. The first-order valence-corrected chi connectivity index (χ1v) is 4.88. The van der Waals surface area contributed by atoms with Gasteiger partial charge in [-0.1, -0.05) is 6.07 Å². The molecule has 1 aromatic rings. The normalized spacial score (nSPS) is 11.3. The number of halogens is 2. The van der Waals surface area contributed by atoms with Crippen molar-refractivity contribution in [1.29, 1.82) is 0 Å². The first-order valence-electron chi connectivity index (χ1n) is 4.09. The molecule has 0 aromatic heterocycles. The van der Waals surface area contributed by atoms with Crippen LogP contribution in [0.15, 0.2) is 32.9 Å². The van der Waals surface area contributed by atoms with Crippen LogP contribution in [0.2, 0.25) is 0 Å². The number of hydrogen-bond donors (Lipinski definition) is 2. The SMILES string of the molecule is CC(=NN=C(N)N)c1ccc(F)c(Br)c1. The number of hydrogen-bond acceptors (Lipinski definition) is 2. The van der Waals surface area contributed by atoms with E-state index in [9.17, 15) is 4.39 Å². The van der Waals surface area contributed by atoms with Crippen LogP contribution in [0.5, 0.6) is 0 Å². The van der Waals surface area contributed by atoms with Crippen molar-refractivity contribution in [3.05, 3.63) is 34.1 Å². The van der Waals surface area contributed by atoms with Gasteiger partial charge in [-0.3, -0.25) is 0 Å². The molecule has 80 valence electrons. The van der Waals surface area contributed by atoms with Crippen molar-refractivity contribution in [3.8, 4) is 0 Å². The molecule has 0 bridgehead atoms. The Morgan fingerprint density at radius 1 is 1.33 bits per heavy atom. The zero-order valence-electron chi connectivity index (χ0n) is 8.04. The summed E-state index contributed by atoms with van der Waals surface area (Å²) in [6, 6.07) is 4.55. The first-order chi connectivity index (χ1) is 7.00. The molecule has 0 unspecified atom stereocenters. The lowest BCUT2D eigenvalue weighted by molar-refractivity contribution is 0.621. The zero-order valence-corrected chi connectivity index (χ0v) is 9.62. The topological polar surface area (TPSA) is 76.8 Å². The second-order valence-electron chi connectivity index (χ2n) is 2.84. The average Bonchev–Trinajstić information content (AvgIpc) is 2.18. The van der Waals surface area contributed by atoms with Gasteiger partial charge in [0.15, 0.2) is 0 Å². The lowest BCUT2D eigenvalue weighted by Crippen LogP contribution is -2.22. The highest BCUT2D eigenvalue weighted by atomic mass is 79.9. The van der Waals surface area contributed by atoms with E-state index in [1.54, 1.807) is 19.1 Å². The third-order valence-corrected chi connectivity index (χ3v) is 2.26. The van der Waals surface area contributed by atoms with Gasteiger partial charge < -0.3 is 11.5 Å². The maximum absolute atomic E-state index is 12.9. The summed E-state index contributed by atoms with van der Waals surface area (Å²) in [6.45, 7) is 1.73. The third kappa shape index (κ3) is 3.32. The molecule has 0 aliphatic heterocycles. The predicted octanol–water partition coefficient (Wildman–Crippen LogP) is 1.59. The summed E-state index contributed by atoms with van der Waals surface area (Å²) in [5.74, 6) is -0.441. The predicted molar refractivity (Wildman–Crippen MR) is 62.1 cm³/mol. The molecule has 0 spiro atoms. The van der Waals surface area contributed by atoms with Gasteiger partial charge in [-0.05, 0) is 40.5 Å². The third-order valence-electron chi connectivity index (χ3n) is 1.65. The first kappa shape index (κ1) is 11.6. The molecule has 0 aliphatic rings. The van der Waals surface area contributed by atoms with E-state index in [-0.39, 0.29) is 11.8 Å². The second kappa shape index (κ2) is 4.88. The summed E-state index contributed by atoms with van der Waals surface area (Å²) in [5.41, 5.74) is 11.6.